The molecule has 0 spiro atoms. The molecule has 2 aromatic rings. The fourth-order valence-electron chi connectivity index (χ4n) is 3.57. The minimum absolute atomic E-state index is 0.0386. The zero-order chi connectivity index (χ0) is 22.3. The van der Waals surface area contributed by atoms with E-state index >= 15 is 0 Å². The van der Waals surface area contributed by atoms with E-state index in [0.29, 0.717) is 13.1 Å². The smallest absolute Gasteiger partial charge is 0.289 e. The second-order valence-corrected chi connectivity index (χ2v) is 10.4. The van der Waals surface area contributed by atoms with Gasteiger partial charge in [-0.05, 0) is 46.8 Å². The van der Waals surface area contributed by atoms with Crippen molar-refractivity contribution in [1.82, 2.24) is 24.3 Å². The molecule has 1 fully saturated rings. The minimum atomic E-state index is -3.81. The van der Waals surface area contributed by atoms with Gasteiger partial charge in [0.25, 0.3) is 15.9 Å². The van der Waals surface area contributed by atoms with E-state index in [-0.39, 0.29) is 16.8 Å². The Morgan fingerprint density at radius 3 is 2.33 bits per heavy atom. The third-order valence-electron chi connectivity index (χ3n) is 5.20. The summed E-state index contributed by atoms with van der Waals surface area (Å²) in [6, 6.07) is 2.75. The zero-order valence-electron chi connectivity index (χ0n) is 18.5. The molecular weight excluding hydrogens is 406 g/mol. The fourth-order valence-corrected chi connectivity index (χ4v) is 4.92. The van der Waals surface area contributed by atoms with Crippen LogP contribution in [0.1, 0.15) is 48.3 Å². The summed E-state index contributed by atoms with van der Waals surface area (Å²) in [6.45, 7) is 12.7. The maximum atomic E-state index is 12.8. The second-order valence-electron chi connectivity index (χ2n) is 8.82. The number of hydrogen-bond acceptors (Lipinski definition) is 6. The first-order chi connectivity index (χ1) is 13.9. The van der Waals surface area contributed by atoms with Crippen LogP contribution >= 0.6 is 0 Å². The van der Waals surface area contributed by atoms with Gasteiger partial charge < -0.3 is 9.32 Å². The van der Waals surface area contributed by atoms with Crippen molar-refractivity contribution < 1.29 is 17.6 Å². The predicted molar refractivity (Wildman–Crippen MR) is 113 cm³/mol. The van der Waals surface area contributed by atoms with Crippen LogP contribution in [0, 0.1) is 13.8 Å². The van der Waals surface area contributed by atoms with E-state index in [2.05, 4.69) is 21.6 Å². The van der Waals surface area contributed by atoms with E-state index < -0.39 is 15.6 Å². The van der Waals surface area contributed by atoms with Gasteiger partial charge in [-0.2, -0.15) is 5.10 Å². The lowest BCUT2D eigenvalue weighted by atomic mass is 10.1. The molecule has 0 bridgehead atoms. The number of aromatic nitrogens is 2. The topological polar surface area (TPSA) is 101 Å². The lowest BCUT2D eigenvalue weighted by Gasteiger charge is -2.34. The average Bonchev–Trinajstić information content (AvgIpc) is 3.22. The molecule has 10 heteroatoms. The van der Waals surface area contributed by atoms with Crippen LogP contribution in [0.4, 0.5) is 0 Å². The Morgan fingerprint density at radius 2 is 1.80 bits per heavy atom. The minimum Gasteiger partial charge on any atom is -0.438 e. The molecule has 0 aromatic carbocycles. The Kier molecular flexibility index (Phi) is 6.13. The molecule has 1 saturated heterocycles. The molecule has 2 aromatic heterocycles. The highest BCUT2D eigenvalue weighted by Crippen LogP contribution is 2.20. The number of amides is 1. The first-order valence-corrected chi connectivity index (χ1v) is 11.5. The van der Waals surface area contributed by atoms with Gasteiger partial charge in [0, 0.05) is 56.6 Å². The Labute approximate surface area is 178 Å². The van der Waals surface area contributed by atoms with Crippen LogP contribution < -0.4 is 4.72 Å². The maximum Gasteiger partial charge on any atom is 0.289 e. The molecule has 0 radical (unpaired) electrons. The SMILES string of the molecule is Cc1nn(C)c(C)c1CN1CCN(C(=O)c2ccc(S(=O)(=O)NC(C)(C)C)o2)CC1. The molecule has 0 saturated carbocycles. The second kappa shape index (κ2) is 8.16. The van der Waals surface area contributed by atoms with E-state index in [1.165, 1.54) is 17.7 Å². The van der Waals surface area contributed by atoms with Crippen LogP contribution in [0.15, 0.2) is 21.6 Å². The first kappa shape index (κ1) is 22.5. The van der Waals surface area contributed by atoms with Gasteiger partial charge in [-0.25, -0.2) is 13.1 Å². The number of nitrogens with zero attached hydrogens (tertiary/aromatic N) is 4. The summed E-state index contributed by atoms with van der Waals surface area (Å²) in [5, 5.41) is 4.21. The zero-order valence-corrected chi connectivity index (χ0v) is 19.3. The van der Waals surface area contributed by atoms with Gasteiger partial charge in [-0.3, -0.25) is 14.4 Å². The molecule has 9 nitrogen and oxygen atoms in total. The van der Waals surface area contributed by atoms with E-state index in [4.69, 9.17) is 4.42 Å². The summed E-state index contributed by atoms with van der Waals surface area (Å²) in [5.74, 6) is -0.253. The number of rotatable bonds is 5. The molecular formula is C20H31N5O4S. The summed E-state index contributed by atoms with van der Waals surface area (Å²) < 4.78 is 34.6. The monoisotopic (exact) mass is 437 g/mol. The molecule has 0 unspecified atom stereocenters. The molecule has 0 aliphatic carbocycles. The Bertz CT molecular complexity index is 1020. The van der Waals surface area contributed by atoms with Gasteiger partial charge in [0.15, 0.2) is 5.76 Å². The highest BCUT2D eigenvalue weighted by Gasteiger charge is 2.29. The number of sulfonamides is 1. The van der Waals surface area contributed by atoms with E-state index in [0.717, 1.165) is 31.0 Å². The van der Waals surface area contributed by atoms with Crippen LogP contribution in [0.3, 0.4) is 0 Å². The van der Waals surface area contributed by atoms with Gasteiger partial charge in [0.1, 0.15) is 0 Å². The van der Waals surface area contributed by atoms with Gasteiger partial charge in [0.2, 0.25) is 5.09 Å². The molecule has 0 atom stereocenters. The Balaban J connectivity index is 1.61. The highest BCUT2D eigenvalue weighted by atomic mass is 32.2. The molecule has 1 amide bonds. The van der Waals surface area contributed by atoms with Crippen molar-refractivity contribution in [2.45, 2.75) is 51.8 Å². The van der Waals surface area contributed by atoms with Gasteiger partial charge in [0.05, 0.1) is 5.69 Å². The number of carbonyl (C=O) groups is 1. The number of aryl methyl sites for hydroxylation is 2. The third kappa shape index (κ3) is 4.93. The number of piperazine rings is 1. The normalized spacial score (nSPS) is 16.3. The molecule has 1 N–H and O–H groups in total. The number of hydrogen-bond donors (Lipinski definition) is 1. The van der Waals surface area contributed by atoms with Crippen molar-refractivity contribution in [3.8, 4) is 0 Å². The predicted octanol–water partition coefficient (Wildman–Crippen LogP) is 1.66. The van der Waals surface area contributed by atoms with E-state index in [1.807, 2.05) is 18.7 Å². The maximum absolute atomic E-state index is 12.8. The summed E-state index contributed by atoms with van der Waals surface area (Å²) in [4.78, 5) is 16.8. The Morgan fingerprint density at radius 1 is 1.17 bits per heavy atom. The summed E-state index contributed by atoms with van der Waals surface area (Å²) in [7, 11) is -1.87. The number of furan rings is 1. The van der Waals surface area contributed by atoms with Crippen LogP contribution in [-0.2, 0) is 23.6 Å². The van der Waals surface area contributed by atoms with E-state index in [9.17, 15) is 13.2 Å². The average molecular weight is 438 g/mol. The number of nitrogens with one attached hydrogen (secondary N) is 1. The summed E-state index contributed by atoms with van der Waals surface area (Å²) in [6.07, 6.45) is 0. The van der Waals surface area contributed by atoms with Crippen molar-refractivity contribution in [3.63, 3.8) is 0 Å². The first-order valence-electron chi connectivity index (χ1n) is 10.0. The third-order valence-corrected chi connectivity index (χ3v) is 6.83. The molecule has 3 heterocycles. The van der Waals surface area contributed by atoms with Crippen molar-refractivity contribution >= 4 is 15.9 Å². The molecule has 1 aliphatic rings. The van der Waals surface area contributed by atoms with Crippen molar-refractivity contribution in [1.29, 1.82) is 0 Å². The molecule has 166 valence electrons. The van der Waals surface area contributed by atoms with Crippen molar-refractivity contribution in [2.24, 2.45) is 7.05 Å². The van der Waals surface area contributed by atoms with Crippen LogP contribution in [-0.4, -0.2) is 65.6 Å². The Hall–Kier alpha value is -2.17. The fraction of sp³-hybridized carbons (Fsp3) is 0.600. The quantitative estimate of drug-likeness (QED) is 0.764. The standard InChI is InChI=1S/C20H31N5O4S/c1-14-16(15(2)23(6)21-14)13-24-9-11-25(12-10-24)19(26)17-7-8-18(29-17)30(27,28)22-20(3,4)5/h7-8,22H,9-13H2,1-6H3. The van der Waals surface area contributed by atoms with Crippen molar-refractivity contribution in [3.05, 3.63) is 34.8 Å². The van der Waals surface area contributed by atoms with Crippen LogP contribution in [0.2, 0.25) is 0 Å². The highest BCUT2D eigenvalue weighted by molar-refractivity contribution is 7.89. The van der Waals surface area contributed by atoms with E-state index in [1.54, 1.807) is 25.7 Å². The molecule has 30 heavy (non-hydrogen) atoms. The number of carbonyl (C=O) groups excluding carboxylic acids is 1. The lowest BCUT2D eigenvalue weighted by molar-refractivity contribution is 0.0592. The van der Waals surface area contributed by atoms with Crippen molar-refractivity contribution in [2.75, 3.05) is 26.2 Å². The lowest BCUT2D eigenvalue weighted by Crippen LogP contribution is -2.48. The molecule has 1 aliphatic heterocycles. The van der Waals surface area contributed by atoms with Gasteiger partial charge in [-0.1, -0.05) is 0 Å². The van der Waals surface area contributed by atoms with Crippen LogP contribution in [0.25, 0.3) is 0 Å². The van der Waals surface area contributed by atoms with Gasteiger partial charge >= 0.3 is 0 Å². The largest absolute Gasteiger partial charge is 0.438 e. The molecule has 3 rings (SSSR count). The summed E-state index contributed by atoms with van der Waals surface area (Å²) in [5.41, 5.74) is 2.77. The van der Waals surface area contributed by atoms with Gasteiger partial charge in [-0.15, -0.1) is 0 Å². The summed E-state index contributed by atoms with van der Waals surface area (Å²) >= 11 is 0. The van der Waals surface area contributed by atoms with Crippen LogP contribution in [0.5, 0.6) is 0 Å².